The van der Waals surface area contributed by atoms with Gasteiger partial charge >= 0.3 is 18.9 Å². The molecule has 0 aliphatic heterocycles. The van der Waals surface area contributed by atoms with Gasteiger partial charge in [0.15, 0.2) is 5.52 Å². The number of hydrogen-bond donors (Lipinski definition) is 0. The Morgan fingerprint density at radius 3 is 2.08 bits per heavy atom. The molecule has 0 fully saturated rings. The van der Waals surface area contributed by atoms with Crippen LogP contribution in [0.15, 0.2) is 36.4 Å². The zero-order chi connectivity index (χ0) is 18.2. The van der Waals surface area contributed by atoms with Crippen LogP contribution < -0.4 is 24.3 Å². The molecule has 0 aliphatic rings. The molecule has 1 atom stereocenters. The Balaban J connectivity index is 0.00000338. The maximum absolute atomic E-state index is 12.9. The van der Waals surface area contributed by atoms with Gasteiger partial charge in [-0.3, -0.25) is 4.79 Å². The van der Waals surface area contributed by atoms with Gasteiger partial charge < -0.3 is 18.9 Å². The second kappa shape index (κ2) is 11.1. The first kappa shape index (κ1) is 22.4. The fraction of sp³-hybridized carbons (Fsp3) is 0.316. The van der Waals surface area contributed by atoms with Crippen LogP contribution in [-0.2, 0) is 0 Å². The van der Waals surface area contributed by atoms with Gasteiger partial charge in [-0.1, -0.05) is 6.07 Å². The standard InChI is InChI=1S/C19H23O5P.Li.H/c1-5-23-13-10-11-17(16(12-13)24-6-2)25-19(20)18-14(21-3)8-7-9-15(18)22-4;;/h7-12,25H,5-6H2,1-4H3;;. The monoisotopic (exact) mass is 370 g/mol. The molecule has 2 rings (SSSR count). The summed E-state index contributed by atoms with van der Waals surface area (Å²) in [4.78, 5) is 12.9. The molecule has 0 radical (unpaired) electrons. The summed E-state index contributed by atoms with van der Waals surface area (Å²) in [6, 6.07) is 10.8. The summed E-state index contributed by atoms with van der Waals surface area (Å²) in [5.41, 5.74) is 0.376. The van der Waals surface area contributed by atoms with E-state index in [2.05, 4.69) is 0 Å². The fourth-order valence-corrected chi connectivity index (χ4v) is 3.45. The first-order valence-electron chi connectivity index (χ1n) is 8.06. The van der Waals surface area contributed by atoms with Gasteiger partial charge in [-0.2, -0.15) is 0 Å². The molecule has 0 spiro atoms. The number of methoxy groups -OCH3 is 2. The van der Waals surface area contributed by atoms with Crippen molar-refractivity contribution in [3.63, 3.8) is 0 Å². The summed E-state index contributed by atoms with van der Waals surface area (Å²) in [6.07, 6.45) is 0. The number of ether oxygens (including phenoxy) is 4. The summed E-state index contributed by atoms with van der Waals surface area (Å²) < 4.78 is 21.9. The molecule has 0 amide bonds. The van der Waals surface area contributed by atoms with Crippen LogP contribution in [0.3, 0.4) is 0 Å². The summed E-state index contributed by atoms with van der Waals surface area (Å²) in [5, 5.41) is 0.822. The molecule has 26 heavy (non-hydrogen) atoms. The van der Waals surface area contributed by atoms with Crippen molar-refractivity contribution in [3.05, 3.63) is 42.0 Å². The first-order chi connectivity index (χ1) is 12.1. The average molecular weight is 370 g/mol. The third kappa shape index (κ3) is 5.41. The van der Waals surface area contributed by atoms with E-state index >= 15 is 0 Å². The summed E-state index contributed by atoms with van der Waals surface area (Å²) in [7, 11) is 2.96. The van der Waals surface area contributed by atoms with Crippen LogP contribution in [0.5, 0.6) is 23.0 Å². The number of rotatable bonds is 9. The molecular weight excluding hydrogens is 346 g/mol. The molecule has 1 unspecified atom stereocenters. The topological polar surface area (TPSA) is 54.0 Å². The van der Waals surface area contributed by atoms with Crippen LogP contribution in [0.2, 0.25) is 0 Å². The fourth-order valence-electron chi connectivity index (χ4n) is 2.40. The van der Waals surface area contributed by atoms with Crippen molar-refractivity contribution in [1.82, 2.24) is 0 Å². The van der Waals surface area contributed by atoms with Gasteiger partial charge in [0.2, 0.25) is 0 Å². The van der Waals surface area contributed by atoms with Crippen molar-refractivity contribution in [2.45, 2.75) is 13.8 Å². The van der Waals surface area contributed by atoms with Crippen molar-refractivity contribution >= 4 is 38.3 Å². The Morgan fingerprint density at radius 2 is 1.54 bits per heavy atom. The van der Waals surface area contributed by atoms with Crippen LogP contribution in [0, 0.1) is 0 Å². The third-order valence-corrected chi connectivity index (χ3v) is 4.63. The van der Waals surface area contributed by atoms with E-state index in [4.69, 9.17) is 18.9 Å². The molecule has 5 nitrogen and oxygen atoms in total. The SMILES string of the molecule is CCOc1ccc(PC(=O)c2c(OC)cccc2OC)c(OCC)c1.[LiH]. The van der Waals surface area contributed by atoms with Gasteiger partial charge in [0.05, 0.1) is 27.4 Å². The van der Waals surface area contributed by atoms with Crippen molar-refractivity contribution in [2.24, 2.45) is 0 Å². The first-order valence-corrected chi connectivity index (χ1v) is 9.06. The van der Waals surface area contributed by atoms with E-state index in [0.29, 0.717) is 36.0 Å². The van der Waals surface area contributed by atoms with Crippen molar-refractivity contribution < 1.29 is 23.7 Å². The van der Waals surface area contributed by atoms with Gasteiger partial charge in [-0.05, 0) is 46.7 Å². The summed E-state index contributed by atoms with van der Waals surface area (Å²) >= 11 is 0. The van der Waals surface area contributed by atoms with Crippen LogP contribution in [0.4, 0.5) is 0 Å². The Morgan fingerprint density at radius 1 is 0.923 bits per heavy atom. The molecule has 2 aromatic carbocycles. The van der Waals surface area contributed by atoms with Gasteiger partial charge in [0.25, 0.3) is 0 Å². The zero-order valence-electron chi connectivity index (χ0n) is 14.9. The molecule has 0 aromatic heterocycles. The minimum atomic E-state index is -0.118. The van der Waals surface area contributed by atoms with Gasteiger partial charge in [-0.25, -0.2) is 0 Å². The Labute approximate surface area is 168 Å². The zero-order valence-corrected chi connectivity index (χ0v) is 15.9. The Bertz CT molecular complexity index is 714. The molecule has 2 aromatic rings. The van der Waals surface area contributed by atoms with E-state index in [9.17, 15) is 4.79 Å². The van der Waals surface area contributed by atoms with E-state index in [1.807, 2.05) is 32.0 Å². The minimum absolute atomic E-state index is 0. The predicted molar refractivity (Wildman–Crippen MR) is 108 cm³/mol. The van der Waals surface area contributed by atoms with E-state index < -0.39 is 0 Å². The van der Waals surface area contributed by atoms with Gasteiger partial charge in [0, 0.05) is 11.4 Å². The van der Waals surface area contributed by atoms with E-state index in [0.717, 1.165) is 11.1 Å². The Hall–Kier alpha value is -1.66. The number of benzene rings is 2. The summed E-state index contributed by atoms with van der Waals surface area (Å²) in [6.45, 7) is 4.92. The number of carbonyl (C=O) groups is 1. The van der Waals surface area contributed by atoms with E-state index in [-0.39, 0.29) is 33.0 Å². The van der Waals surface area contributed by atoms with Crippen molar-refractivity contribution in [2.75, 3.05) is 27.4 Å². The molecule has 7 heteroatoms. The Kier molecular flexibility index (Phi) is 9.58. The van der Waals surface area contributed by atoms with Crippen molar-refractivity contribution in [1.29, 1.82) is 0 Å². The molecular formula is C19H24LiO5P. The van der Waals surface area contributed by atoms with Crippen molar-refractivity contribution in [3.8, 4) is 23.0 Å². The normalized spacial score (nSPS) is 10.3. The van der Waals surface area contributed by atoms with Crippen LogP contribution >= 0.6 is 8.58 Å². The molecule has 0 heterocycles. The average Bonchev–Trinajstić information content (AvgIpc) is 2.63. The second-order valence-corrected chi connectivity index (χ2v) is 6.26. The molecule has 0 saturated carbocycles. The van der Waals surface area contributed by atoms with E-state index in [1.165, 1.54) is 14.2 Å². The van der Waals surface area contributed by atoms with Gasteiger partial charge in [0.1, 0.15) is 28.6 Å². The molecule has 0 aliphatic carbocycles. The summed E-state index contributed by atoms with van der Waals surface area (Å²) in [5.74, 6) is 2.39. The van der Waals surface area contributed by atoms with Gasteiger partial charge in [-0.15, -0.1) is 0 Å². The molecule has 0 bridgehead atoms. The van der Waals surface area contributed by atoms with Crippen LogP contribution in [0.25, 0.3) is 0 Å². The second-order valence-electron chi connectivity index (χ2n) is 5.02. The van der Waals surface area contributed by atoms with Crippen LogP contribution in [0.1, 0.15) is 24.2 Å². The van der Waals surface area contributed by atoms with E-state index in [1.54, 1.807) is 18.2 Å². The molecule has 0 saturated heterocycles. The maximum atomic E-state index is 12.9. The quantitative estimate of drug-likeness (QED) is 0.502. The third-order valence-electron chi connectivity index (χ3n) is 3.47. The number of hydrogen-bond acceptors (Lipinski definition) is 5. The number of carbonyl (C=O) groups excluding carboxylic acids is 1. The predicted octanol–water partition coefficient (Wildman–Crippen LogP) is 3.00. The molecule has 136 valence electrons. The molecule has 0 N–H and O–H groups in total. The van der Waals surface area contributed by atoms with Crippen LogP contribution in [-0.4, -0.2) is 51.8 Å².